The average Bonchev–Trinajstić information content (AvgIpc) is 2.89. The lowest BCUT2D eigenvalue weighted by molar-refractivity contribution is -0.124. The molecule has 1 unspecified atom stereocenters. The third-order valence-electron chi connectivity index (χ3n) is 3.32. The molecule has 3 N–H and O–H groups in total. The van der Waals surface area contributed by atoms with Crippen LogP contribution in [0.1, 0.15) is 23.2 Å². The Hall–Kier alpha value is -1.56. The number of hydrogen-bond donors (Lipinski definition) is 2. The number of nitrogens with one attached hydrogen (secondary N) is 1. The van der Waals surface area contributed by atoms with Crippen LogP contribution >= 0.6 is 15.9 Å². The summed E-state index contributed by atoms with van der Waals surface area (Å²) in [5, 5.41) is 2.60. The van der Waals surface area contributed by atoms with E-state index in [1.54, 1.807) is 30.1 Å². The van der Waals surface area contributed by atoms with Gasteiger partial charge in [-0.25, -0.2) is 0 Å². The molecule has 102 valence electrons. The Kier molecular flexibility index (Phi) is 4.09. The van der Waals surface area contributed by atoms with Gasteiger partial charge in [0, 0.05) is 19.3 Å². The summed E-state index contributed by atoms with van der Waals surface area (Å²) in [6.45, 7) is 0.595. The van der Waals surface area contributed by atoms with E-state index < -0.39 is 0 Å². The molecule has 0 aromatic heterocycles. The van der Waals surface area contributed by atoms with Crippen LogP contribution in [0.5, 0.6) is 0 Å². The Balaban J connectivity index is 2.28. The quantitative estimate of drug-likeness (QED) is 0.807. The number of carbonyl (C=O) groups is 2. The summed E-state index contributed by atoms with van der Waals surface area (Å²) in [5.74, 6) is -0.281. The number of benzene rings is 1. The van der Waals surface area contributed by atoms with Crippen molar-refractivity contribution in [1.29, 1.82) is 0 Å². The van der Waals surface area contributed by atoms with Gasteiger partial charge in [-0.05, 0) is 40.9 Å². The van der Waals surface area contributed by atoms with Crippen LogP contribution < -0.4 is 11.1 Å². The number of likely N-dealkylation sites (N-methyl/N-ethyl adjacent to an activating group) is 1. The minimum Gasteiger partial charge on any atom is -0.398 e. The van der Waals surface area contributed by atoms with Gasteiger partial charge in [-0.2, -0.15) is 0 Å². The molecule has 0 saturated carbocycles. The van der Waals surface area contributed by atoms with Crippen molar-refractivity contribution in [3.05, 3.63) is 28.2 Å². The standard InChI is InChI=1S/C13H16BrN3O2/c1-16-12(18)10-6-3-7-17(10)13(19)8-4-2-5-9(15)11(8)14/h2,4-5,10H,3,6-7,15H2,1H3,(H,16,18). The molecule has 19 heavy (non-hydrogen) atoms. The summed E-state index contributed by atoms with van der Waals surface area (Å²) in [4.78, 5) is 25.9. The maximum absolute atomic E-state index is 12.5. The molecule has 1 heterocycles. The first-order valence-electron chi connectivity index (χ1n) is 6.12. The van der Waals surface area contributed by atoms with Gasteiger partial charge < -0.3 is 16.0 Å². The SMILES string of the molecule is CNC(=O)C1CCCN1C(=O)c1cccc(N)c1Br. The molecule has 6 heteroatoms. The van der Waals surface area contributed by atoms with Crippen LogP contribution in [0.4, 0.5) is 5.69 Å². The Morgan fingerprint density at radius 2 is 2.21 bits per heavy atom. The van der Waals surface area contributed by atoms with Gasteiger partial charge in [-0.3, -0.25) is 9.59 Å². The van der Waals surface area contributed by atoms with Crippen molar-refractivity contribution < 1.29 is 9.59 Å². The summed E-state index contributed by atoms with van der Waals surface area (Å²) in [6, 6.07) is 4.78. The van der Waals surface area contributed by atoms with E-state index in [1.165, 1.54) is 0 Å². The van der Waals surface area contributed by atoms with Gasteiger partial charge in [0.25, 0.3) is 5.91 Å². The summed E-state index contributed by atoms with van der Waals surface area (Å²) < 4.78 is 0.586. The third-order valence-corrected chi connectivity index (χ3v) is 4.21. The highest BCUT2D eigenvalue weighted by molar-refractivity contribution is 9.10. The van der Waals surface area contributed by atoms with E-state index in [2.05, 4.69) is 21.2 Å². The van der Waals surface area contributed by atoms with Gasteiger partial charge in [-0.1, -0.05) is 6.07 Å². The van der Waals surface area contributed by atoms with Crippen LogP contribution in [0.2, 0.25) is 0 Å². The molecule has 1 atom stereocenters. The molecule has 1 fully saturated rings. The maximum Gasteiger partial charge on any atom is 0.255 e. The summed E-state index contributed by atoms with van der Waals surface area (Å²) in [6.07, 6.45) is 1.54. The van der Waals surface area contributed by atoms with Crippen molar-refractivity contribution in [1.82, 2.24) is 10.2 Å². The highest BCUT2D eigenvalue weighted by Gasteiger charge is 2.34. The third kappa shape index (κ3) is 2.58. The zero-order valence-corrected chi connectivity index (χ0v) is 12.2. The number of nitrogen functional groups attached to an aromatic ring is 1. The zero-order chi connectivity index (χ0) is 14.0. The molecule has 0 spiro atoms. The second kappa shape index (κ2) is 5.61. The second-order valence-electron chi connectivity index (χ2n) is 4.48. The van der Waals surface area contributed by atoms with Crippen molar-refractivity contribution >= 4 is 33.4 Å². The van der Waals surface area contributed by atoms with Crippen LogP contribution in [0.15, 0.2) is 22.7 Å². The minimum absolute atomic E-state index is 0.120. The van der Waals surface area contributed by atoms with Crippen molar-refractivity contribution in [2.24, 2.45) is 0 Å². The molecular formula is C13H16BrN3O2. The van der Waals surface area contributed by atoms with Gasteiger partial charge >= 0.3 is 0 Å². The lowest BCUT2D eigenvalue weighted by Gasteiger charge is -2.24. The fourth-order valence-electron chi connectivity index (χ4n) is 2.32. The summed E-state index contributed by atoms with van der Waals surface area (Å²) in [7, 11) is 1.58. The topological polar surface area (TPSA) is 75.4 Å². The predicted molar refractivity (Wildman–Crippen MR) is 76.7 cm³/mol. The van der Waals surface area contributed by atoms with Crippen LogP contribution in [-0.2, 0) is 4.79 Å². The predicted octanol–water partition coefficient (Wildman–Crippen LogP) is 1.38. The smallest absolute Gasteiger partial charge is 0.255 e. The number of hydrogen-bond acceptors (Lipinski definition) is 3. The number of amides is 2. The first-order valence-corrected chi connectivity index (χ1v) is 6.92. The molecule has 2 amide bonds. The number of nitrogens with zero attached hydrogens (tertiary/aromatic N) is 1. The first-order chi connectivity index (χ1) is 9.06. The van der Waals surface area contributed by atoms with E-state index in [-0.39, 0.29) is 17.9 Å². The van der Waals surface area contributed by atoms with E-state index >= 15 is 0 Å². The monoisotopic (exact) mass is 325 g/mol. The van der Waals surface area contributed by atoms with Crippen molar-refractivity contribution in [2.45, 2.75) is 18.9 Å². The Bertz CT molecular complexity index is 519. The lowest BCUT2D eigenvalue weighted by Crippen LogP contribution is -2.45. The van der Waals surface area contributed by atoms with Crippen LogP contribution in [0, 0.1) is 0 Å². The largest absolute Gasteiger partial charge is 0.398 e. The van der Waals surface area contributed by atoms with E-state index in [1.807, 2.05) is 0 Å². The van der Waals surface area contributed by atoms with Crippen molar-refractivity contribution in [2.75, 3.05) is 19.3 Å². The van der Waals surface area contributed by atoms with Gasteiger partial charge in [0.2, 0.25) is 5.91 Å². The number of rotatable bonds is 2. The van der Waals surface area contributed by atoms with Gasteiger partial charge in [0.05, 0.1) is 10.0 Å². The number of carbonyl (C=O) groups excluding carboxylic acids is 2. The molecule has 1 aliphatic rings. The molecule has 0 radical (unpaired) electrons. The number of halogens is 1. The normalized spacial score (nSPS) is 18.4. The summed E-state index contributed by atoms with van der Waals surface area (Å²) in [5.41, 5.74) is 6.79. The lowest BCUT2D eigenvalue weighted by atomic mass is 10.1. The number of nitrogens with two attached hydrogens (primary N) is 1. The molecule has 5 nitrogen and oxygen atoms in total. The highest BCUT2D eigenvalue weighted by Crippen LogP contribution is 2.27. The number of anilines is 1. The number of likely N-dealkylation sites (tertiary alicyclic amines) is 1. The molecule has 1 aromatic carbocycles. The average molecular weight is 326 g/mol. The fraction of sp³-hybridized carbons (Fsp3) is 0.385. The Labute approximate surface area is 120 Å². The van der Waals surface area contributed by atoms with Gasteiger partial charge in [0.1, 0.15) is 6.04 Å². The van der Waals surface area contributed by atoms with Crippen molar-refractivity contribution in [3.63, 3.8) is 0 Å². The molecule has 2 rings (SSSR count). The molecule has 1 aliphatic heterocycles. The Morgan fingerprint density at radius 1 is 1.47 bits per heavy atom. The van der Waals surface area contributed by atoms with Crippen molar-refractivity contribution in [3.8, 4) is 0 Å². The first kappa shape index (κ1) is 13.9. The second-order valence-corrected chi connectivity index (χ2v) is 5.27. The van der Waals surface area contributed by atoms with E-state index in [0.29, 0.717) is 28.7 Å². The summed E-state index contributed by atoms with van der Waals surface area (Å²) >= 11 is 3.33. The molecule has 1 saturated heterocycles. The highest BCUT2D eigenvalue weighted by atomic mass is 79.9. The molecule has 0 aliphatic carbocycles. The van der Waals surface area contributed by atoms with E-state index in [4.69, 9.17) is 5.73 Å². The van der Waals surface area contributed by atoms with Crippen LogP contribution in [0.3, 0.4) is 0 Å². The van der Waals surface area contributed by atoms with Crippen LogP contribution in [0.25, 0.3) is 0 Å². The Morgan fingerprint density at radius 3 is 2.89 bits per heavy atom. The van der Waals surface area contributed by atoms with Gasteiger partial charge in [0.15, 0.2) is 0 Å². The zero-order valence-electron chi connectivity index (χ0n) is 10.6. The minimum atomic E-state index is -0.383. The van der Waals surface area contributed by atoms with E-state index in [9.17, 15) is 9.59 Å². The van der Waals surface area contributed by atoms with Crippen LogP contribution in [-0.4, -0.2) is 36.3 Å². The fourth-order valence-corrected chi connectivity index (χ4v) is 2.75. The van der Waals surface area contributed by atoms with E-state index in [0.717, 1.165) is 6.42 Å². The molecular weight excluding hydrogens is 310 g/mol. The maximum atomic E-state index is 12.5. The molecule has 1 aromatic rings. The molecule has 0 bridgehead atoms. The van der Waals surface area contributed by atoms with Gasteiger partial charge in [-0.15, -0.1) is 0 Å².